The molecule has 0 nitrogen and oxygen atoms in total. The number of aryl methyl sites for hydroxylation is 3. The van der Waals surface area contributed by atoms with Gasteiger partial charge in [0.2, 0.25) is 0 Å². The lowest BCUT2D eigenvalue weighted by molar-refractivity contribution is 0.582. The van der Waals surface area contributed by atoms with E-state index in [1.54, 1.807) is 16.7 Å². The Kier molecular flexibility index (Phi) is 7.95. The summed E-state index contributed by atoms with van der Waals surface area (Å²) in [6.07, 6.45) is 3.73. The predicted octanol–water partition coefficient (Wildman–Crippen LogP) is 6.63. The van der Waals surface area contributed by atoms with Gasteiger partial charge >= 0.3 is 0 Å². The Bertz CT molecular complexity index is 566. The van der Waals surface area contributed by atoms with Crippen LogP contribution in [0.3, 0.4) is 0 Å². The van der Waals surface area contributed by atoms with Gasteiger partial charge in [-0.05, 0) is 61.3 Å². The van der Waals surface area contributed by atoms with E-state index in [0.717, 1.165) is 0 Å². The number of rotatable bonds is 1. The molecule has 0 N–H and O–H groups in total. The molecule has 1 atom stereocenters. The third-order valence-corrected chi connectivity index (χ3v) is 4.22. The molecule has 0 amide bonds. The SMILES string of the molecule is CC.CC.Cc1ccc(C)c(C2CCc3ccccc3C2)c1. The highest BCUT2D eigenvalue weighted by molar-refractivity contribution is 5.38. The molecule has 0 saturated heterocycles. The van der Waals surface area contributed by atoms with Crippen molar-refractivity contribution in [2.45, 2.75) is 66.7 Å². The van der Waals surface area contributed by atoms with E-state index in [-0.39, 0.29) is 0 Å². The zero-order valence-corrected chi connectivity index (χ0v) is 15.2. The maximum Gasteiger partial charge on any atom is -0.0116 e. The summed E-state index contributed by atoms with van der Waals surface area (Å²) in [4.78, 5) is 0. The molecule has 120 valence electrons. The molecular weight excluding hydrogens is 264 g/mol. The zero-order chi connectivity index (χ0) is 16.5. The molecule has 0 aliphatic heterocycles. The molecule has 0 spiro atoms. The molecule has 2 aromatic carbocycles. The quantitative estimate of drug-likeness (QED) is 0.554. The van der Waals surface area contributed by atoms with Crippen LogP contribution in [0.25, 0.3) is 0 Å². The van der Waals surface area contributed by atoms with Gasteiger partial charge in [0.15, 0.2) is 0 Å². The molecule has 3 rings (SSSR count). The van der Waals surface area contributed by atoms with Crippen molar-refractivity contribution < 1.29 is 0 Å². The van der Waals surface area contributed by atoms with Crippen LogP contribution in [0.2, 0.25) is 0 Å². The smallest absolute Gasteiger partial charge is 0.0116 e. The molecule has 1 aliphatic carbocycles. The monoisotopic (exact) mass is 296 g/mol. The molecule has 0 radical (unpaired) electrons. The van der Waals surface area contributed by atoms with Crippen molar-refractivity contribution >= 4 is 0 Å². The van der Waals surface area contributed by atoms with Crippen LogP contribution in [0.15, 0.2) is 42.5 Å². The van der Waals surface area contributed by atoms with Crippen LogP contribution in [0, 0.1) is 13.8 Å². The van der Waals surface area contributed by atoms with Gasteiger partial charge in [0.05, 0.1) is 0 Å². The Balaban J connectivity index is 0.000000561. The lowest BCUT2D eigenvalue weighted by atomic mass is 9.78. The van der Waals surface area contributed by atoms with Crippen LogP contribution < -0.4 is 0 Å². The van der Waals surface area contributed by atoms with Gasteiger partial charge in [-0.25, -0.2) is 0 Å². The summed E-state index contributed by atoms with van der Waals surface area (Å²) in [6.45, 7) is 12.4. The summed E-state index contributed by atoms with van der Waals surface area (Å²) in [6, 6.07) is 15.8. The maximum atomic E-state index is 2.38. The van der Waals surface area contributed by atoms with Crippen molar-refractivity contribution in [3.63, 3.8) is 0 Å². The lowest BCUT2D eigenvalue weighted by Crippen LogP contribution is -2.13. The highest BCUT2D eigenvalue weighted by Gasteiger charge is 2.20. The van der Waals surface area contributed by atoms with E-state index in [2.05, 4.69) is 56.3 Å². The van der Waals surface area contributed by atoms with E-state index in [0.29, 0.717) is 5.92 Å². The number of hydrogen-bond donors (Lipinski definition) is 0. The van der Waals surface area contributed by atoms with E-state index in [9.17, 15) is 0 Å². The molecule has 1 unspecified atom stereocenters. The minimum absolute atomic E-state index is 0.708. The van der Waals surface area contributed by atoms with Gasteiger partial charge in [0.1, 0.15) is 0 Å². The topological polar surface area (TPSA) is 0 Å². The van der Waals surface area contributed by atoms with Crippen molar-refractivity contribution in [2.75, 3.05) is 0 Å². The van der Waals surface area contributed by atoms with Gasteiger partial charge in [-0.2, -0.15) is 0 Å². The van der Waals surface area contributed by atoms with Crippen LogP contribution in [0.1, 0.15) is 67.9 Å². The van der Waals surface area contributed by atoms with Crippen molar-refractivity contribution in [1.82, 2.24) is 0 Å². The van der Waals surface area contributed by atoms with Crippen molar-refractivity contribution in [1.29, 1.82) is 0 Å². The third-order valence-electron chi connectivity index (χ3n) is 4.22. The van der Waals surface area contributed by atoms with Gasteiger partial charge in [-0.15, -0.1) is 0 Å². The molecular formula is C22H32. The molecule has 22 heavy (non-hydrogen) atoms. The highest BCUT2D eigenvalue weighted by atomic mass is 14.2. The summed E-state index contributed by atoms with van der Waals surface area (Å²) in [5.41, 5.74) is 7.50. The van der Waals surface area contributed by atoms with Crippen molar-refractivity contribution in [3.8, 4) is 0 Å². The summed E-state index contributed by atoms with van der Waals surface area (Å²) in [5.74, 6) is 0.708. The largest absolute Gasteiger partial charge is 0.0683 e. The molecule has 1 aliphatic rings. The van der Waals surface area contributed by atoms with Gasteiger partial charge in [-0.1, -0.05) is 75.7 Å². The first-order valence-corrected chi connectivity index (χ1v) is 8.88. The lowest BCUT2D eigenvalue weighted by Gasteiger charge is -2.26. The Morgan fingerprint density at radius 2 is 1.45 bits per heavy atom. The summed E-state index contributed by atoms with van der Waals surface area (Å²) in [5, 5.41) is 0. The van der Waals surface area contributed by atoms with Gasteiger partial charge in [-0.3, -0.25) is 0 Å². The molecule has 0 aromatic heterocycles. The van der Waals surface area contributed by atoms with Crippen LogP contribution in [0.5, 0.6) is 0 Å². The summed E-state index contributed by atoms with van der Waals surface area (Å²) < 4.78 is 0. The average Bonchev–Trinajstić information content (AvgIpc) is 2.60. The van der Waals surface area contributed by atoms with E-state index < -0.39 is 0 Å². The molecule has 0 saturated carbocycles. The normalized spacial score (nSPS) is 15.6. The first-order chi connectivity index (χ1) is 10.7. The summed E-state index contributed by atoms with van der Waals surface area (Å²) >= 11 is 0. The number of benzene rings is 2. The molecule has 2 aromatic rings. The standard InChI is InChI=1S/C18H20.2C2H6/c1-13-7-8-14(2)18(11-13)17-10-9-15-5-3-4-6-16(15)12-17;2*1-2/h3-8,11,17H,9-10,12H2,1-2H3;2*1-2H3. The predicted molar refractivity (Wildman–Crippen MR) is 99.8 cm³/mol. The van der Waals surface area contributed by atoms with Crippen molar-refractivity contribution in [3.05, 3.63) is 70.3 Å². The zero-order valence-electron chi connectivity index (χ0n) is 15.2. The van der Waals surface area contributed by atoms with Crippen molar-refractivity contribution in [2.24, 2.45) is 0 Å². The Morgan fingerprint density at radius 1 is 0.818 bits per heavy atom. The fourth-order valence-electron chi connectivity index (χ4n) is 3.16. The van der Waals surface area contributed by atoms with E-state index >= 15 is 0 Å². The van der Waals surface area contributed by atoms with Gasteiger partial charge in [0, 0.05) is 0 Å². The maximum absolute atomic E-state index is 2.38. The van der Waals surface area contributed by atoms with E-state index in [4.69, 9.17) is 0 Å². The number of hydrogen-bond acceptors (Lipinski definition) is 0. The Morgan fingerprint density at radius 3 is 2.14 bits per heavy atom. The van der Waals surface area contributed by atoms with Crippen LogP contribution in [-0.4, -0.2) is 0 Å². The highest BCUT2D eigenvalue weighted by Crippen LogP contribution is 2.34. The molecule has 0 bridgehead atoms. The van der Waals surface area contributed by atoms with Crippen LogP contribution in [0.4, 0.5) is 0 Å². The van der Waals surface area contributed by atoms with Gasteiger partial charge < -0.3 is 0 Å². The Hall–Kier alpha value is -1.56. The second kappa shape index (κ2) is 9.46. The van der Waals surface area contributed by atoms with Crippen LogP contribution >= 0.6 is 0 Å². The first kappa shape index (κ1) is 18.5. The third kappa shape index (κ3) is 4.47. The first-order valence-electron chi connectivity index (χ1n) is 8.88. The minimum Gasteiger partial charge on any atom is -0.0683 e. The fourth-order valence-corrected chi connectivity index (χ4v) is 3.16. The minimum atomic E-state index is 0.708. The van der Waals surface area contributed by atoms with Gasteiger partial charge in [0.25, 0.3) is 0 Å². The van der Waals surface area contributed by atoms with Crippen LogP contribution in [-0.2, 0) is 12.8 Å². The van der Waals surface area contributed by atoms with E-state index in [1.165, 1.54) is 30.4 Å². The summed E-state index contributed by atoms with van der Waals surface area (Å²) in [7, 11) is 0. The second-order valence-electron chi connectivity index (χ2n) is 5.57. The molecule has 0 fully saturated rings. The molecule has 0 heteroatoms. The number of fused-ring (bicyclic) bond motifs is 1. The molecule has 0 heterocycles. The second-order valence-corrected chi connectivity index (χ2v) is 5.57. The average molecular weight is 296 g/mol. The Labute approximate surface area is 137 Å². The fraction of sp³-hybridized carbons (Fsp3) is 0.455. The van der Waals surface area contributed by atoms with E-state index in [1.807, 2.05) is 27.7 Å².